The Kier molecular flexibility index (Phi) is 2.85. The number of H-pyrrole nitrogens is 1. The van der Waals surface area contributed by atoms with Crippen molar-refractivity contribution in [2.45, 2.75) is 18.4 Å². The molecule has 0 spiro atoms. The lowest BCUT2D eigenvalue weighted by molar-refractivity contribution is 0.480. The van der Waals surface area contributed by atoms with Gasteiger partial charge < -0.3 is 10.2 Å². The number of anilines is 2. The van der Waals surface area contributed by atoms with E-state index < -0.39 is 0 Å². The van der Waals surface area contributed by atoms with Crippen molar-refractivity contribution in [2.24, 2.45) is 0 Å². The average Bonchev–Trinajstić information content (AvgIpc) is 3.15. The van der Waals surface area contributed by atoms with Crippen LogP contribution in [0.25, 0.3) is 11.0 Å². The molecule has 6 nitrogen and oxygen atoms in total. The number of halogens is 1. The Morgan fingerprint density at radius 3 is 3.09 bits per heavy atom. The molecule has 3 aromatic rings. The van der Waals surface area contributed by atoms with Crippen molar-refractivity contribution in [2.75, 3.05) is 23.3 Å². The molecule has 7 heteroatoms. The van der Waals surface area contributed by atoms with Crippen molar-refractivity contribution in [1.29, 1.82) is 0 Å². The molecule has 2 unspecified atom stereocenters. The molecule has 2 N–H and O–H groups in total. The van der Waals surface area contributed by atoms with Gasteiger partial charge in [-0.15, -0.1) is 0 Å². The maximum atomic E-state index is 4.52. The first-order chi connectivity index (χ1) is 11.3. The van der Waals surface area contributed by atoms with Crippen LogP contribution in [-0.4, -0.2) is 39.3 Å². The highest BCUT2D eigenvalue weighted by atomic mass is 79.9. The lowest BCUT2D eigenvalue weighted by Gasteiger charge is -2.36. The minimum absolute atomic E-state index is 0.428. The number of piperidine rings is 1. The third-order valence-corrected chi connectivity index (χ3v) is 5.47. The predicted octanol–water partition coefficient (Wildman–Crippen LogP) is 2.90. The van der Waals surface area contributed by atoms with E-state index in [4.69, 9.17) is 0 Å². The molecule has 116 valence electrons. The number of hydrogen-bond donors (Lipinski definition) is 2. The molecular formula is C16H15BrN6. The van der Waals surface area contributed by atoms with Crippen LogP contribution in [0.15, 0.2) is 35.2 Å². The van der Waals surface area contributed by atoms with Crippen molar-refractivity contribution in [3.63, 3.8) is 0 Å². The smallest absolute Gasteiger partial charge is 0.187 e. The van der Waals surface area contributed by atoms with E-state index in [9.17, 15) is 0 Å². The van der Waals surface area contributed by atoms with Gasteiger partial charge in [0.05, 0.1) is 11.4 Å². The van der Waals surface area contributed by atoms with Crippen LogP contribution in [0.2, 0.25) is 0 Å². The standard InChI is InChI=1S/C16H15BrN6/c17-14-13-15(22-21-14)18-8-19-16(13)23-6-5-10-9-3-1-2-4-11(9)20-12(10)7-23/h1-4,8,10,12,20H,5-7H2,(H,18,19,21,22). The van der Waals surface area contributed by atoms with E-state index >= 15 is 0 Å². The van der Waals surface area contributed by atoms with E-state index in [1.54, 1.807) is 6.33 Å². The summed E-state index contributed by atoms with van der Waals surface area (Å²) in [7, 11) is 0. The molecule has 2 atom stereocenters. The number of benzene rings is 1. The molecule has 1 aromatic carbocycles. The molecule has 4 heterocycles. The van der Waals surface area contributed by atoms with Gasteiger partial charge in [0, 0.05) is 24.7 Å². The summed E-state index contributed by atoms with van der Waals surface area (Å²) in [6.07, 6.45) is 2.71. The monoisotopic (exact) mass is 370 g/mol. The summed E-state index contributed by atoms with van der Waals surface area (Å²) in [4.78, 5) is 11.1. The van der Waals surface area contributed by atoms with Crippen molar-refractivity contribution in [3.05, 3.63) is 40.8 Å². The van der Waals surface area contributed by atoms with Gasteiger partial charge >= 0.3 is 0 Å². The van der Waals surface area contributed by atoms with Crippen molar-refractivity contribution in [1.82, 2.24) is 20.2 Å². The van der Waals surface area contributed by atoms with E-state index in [0.717, 1.165) is 35.3 Å². The van der Waals surface area contributed by atoms with Gasteiger partial charge in [-0.3, -0.25) is 5.10 Å². The Labute approximate surface area is 141 Å². The number of para-hydroxylation sites is 1. The van der Waals surface area contributed by atoms with Gasteiger partial charge in [0.1, 0.15) is 16.7 Å². The Hall–Kier alpha value is -2.15. The van der Waals surface area contributed by atoms with E-state index in [-0.39, 0.29) is 0 Å². The second kappa shape index (κ2) is 4.92. The van der Waals surface area contributed by atoms with Gasteiger partial charge in [0.2, 0.25) is 0 Å². The first-order valence-electron chi connectivity index (χ1n) is 7.76. The molecular weight excluding hydrogens is 356 g/mol. The van der Waals surface area contributed by atoms with Gasteiger partial charge in [-0.25, -0.2) is 9.97 Å². The number of hydrogen-bond acceptors (Lipinski definition) is 5. The van der Waals surface area contributed by atoms with Crippen LogP contribution in [-0.2, 0) is 0 Å². The fraction of sp³-hybridized carbons (Fsp3) is 0.312. The van der Waals surface area contributed by atoms with Crippen LogP contribution in [0.5, 0.6) is 0 Å². The topological polar surface area (TPSA) is 69.7 Å². The number of nitrogens with one attached hydrogen (secondary N) is 2. The number of fused-ring (bicyclic) bond motifs is 4. The maximum absolute atomic E-state index is 4.52. The normalized spacial score (nSPS) is 22.7. The molecule has 1 fully saturated rings. The lowest BCUT2D eigenvalue weighted by atomic mass is 9.88. The zero-order chi connectivity index (χ0) is 15.4. The number of nitrogens with zero attached hydrogens (tertiary/aromatic N) is 4. The fourth-order valence-electron chi connectivity index (χ4n) is 3.86. The first-order valence-corrected chi connectivity index (χ1v) is 8.55. The zero-order valence-corrected chi connectivity index (χ0v) is 13.9. The fourth-order valence-corrected chi connectivity index (χ4v) is 4.30. The third kappa shape index (κ3) is 1.96. The maximum Gasteiger partial charge on any atom is 0.187 e. The number of rotatable bonds is 1. The summed E-state index contributed by atoms with van der Waals surface area (Å²) in [6.45, 7) is 1.92. The Morgan fingerprint density at radius 1 is 1.22 bits per heavy atom. The molecule has 5 rings (SSSR count). The van der Waals surface area contributed by atoms with Crippen LogP contribution >= 0.6 is 15.9 Å². The van der Waals surface area contributed by atoms with Crippen molar-refractivity contribution < 1.29 is 0 Å². The van der Waals surface area contributed by atoms with Gasteiger partial charge in [0.25, 0.3) is 0 Å². The van der Waals surface area contributed by atoms with Crippen LogP contribution in [0.1, 0.15) is 17.9 Å². The number of aromatic amines is 1. The van der Waals surface area contributed by atoms with Crippen molar-refractivity contribution >= 4 is 38.5 Å². The highest BCUT2D eigenvalue weighted by Gasteiger charge is 2.37. The van der Waals surface area contributed by atoms with Gasteiger partial charge in [0.15, 0.2) is 5.65 Å². The largest absolute Gasteiger partial charge is 0.380 e. The lowest BCUT2D eigenvalue weighted by Crippen LogP contribution is -2.44. The highest BCUT2D eigenvalue weighted by molar-refractivity contribution is 9.10. The van der Waals surface area contributed by atoms with Gasteiger partial charge in [-0.2, -0.15) is 5.10 Å². The van der Waals surface area contributed by atoms with Gasteiger partial charge in [-0.05, 0) is 34.0 Å². The predicted molar refractivity (Wildman–Crippen MR) is 92.8 cm³/mol. The average molecular weight is 371 g/mol. The Balaban J connectivity index is 1.50. The molecule has 2 aliphatic rings. The molecule has 23 heavy (non-hydrogen) atoms. The summed E-state index contributed by atoms with van der Waals surface area (Å²) < 4.78 is 0.841. The van der Waals surface area contributed by atoms with Crippen LogP contribution in [0.3, 0.4) is 0 Å². The molecule has 0 radical (unpaired) electrons. The van der Waals surface area contributed by atoms with E-state index in [0.29, 0.717) is 17.6 Å². The molecule has 0 bridgehead atoms. The summed E-state index contributed by atoms with van der Waals surface area (Å²) in [6, 6.07) is 9.08. The highest BCUT2D eigenvalue weighted by Crippen LogP contribution is 2.42. The SMILES string of the molecule is Brc1[nH]nc2ncnc(N3CCC4c5ccccc5NC4C3)c12. The summed E-state index contributed by atoms with van der Waals surface area (Å²) in [5.74, 6) is 1.54. The molecule has 1 saturated heterocycles. The van der Waals surface area contributed by atoms with E-state index in [1.165, 1.54) is 11.3 Å². The van der Waals surface area contributed by atoms with E-state index in [1.807, 2.05) is 0 Å². The second-order valence-corrected chi connectivity index (χ2v) is 6.91. The second-order valence-electron chi connectivity index (χ2n) is 6.11. The molecule has 2 aliphatic heterocycles. The minimum Gasteiger partial charge on any atom is -0.380 e. The van der Waals surface area contributed by atoms with E-state index in [2.05, 4.69) is 70.6 Å². The minimum atomic E-state index is 0.428. The van der Waals surface area contributed by atoms with Crippen LogP contribution < -0.4 is 10.2 Å². The zero-order valence-electron chi connectivity index (χ0n) is 12.3. The molecule has 0 saturated carbocycles. The van der Waals surface area contributed by atoms with Gasteiger partial charge in [-0.1, -0.05) is 18.2 Å². The molecule has 2 aromatic heterocycles. The summed E-state index contributed by atoms with van der Waals surface area (Å²) >= 11 is 3.52. The Morgan fingerprint density at radius 2 is 2.13 bits per heavy atom. The number of aromatic nitrogens is 4. The van der Waals surface area contributed by atoms with Crippen molar-refractivity contribution in [3.8, 4) is 0 Å². The third-order valence-electron chi connectivity index (χ3n) is 4.90. The molecule has 0 amide bonds. The van der Waals surface area contributed by atoms with Crippen LogP contribution in [0, 0.1) is 0 Å². The first kappa shape index (κ1) is 13.3. The molecule has 0 aliphatic carbocycles. The summed E-state index contributed by atoms with van der Waals surface area (Å²) in [5.41, 5.74) is 3.43. The Bertz CT molecular complexity index is 891. The summed E-state index contributed by atoms with van der Waals surface area (Å²) in [5, 5.41) is 11.8. The quantitative estimate of drug-likeness (QED) is 0.689. The van der Waals surface area contributed by atoms with Crippen LogP contribution in [0.4, 0.5) is 11.5 Å².